The maximum atomic E-state index is 10.3. The van der Waals surface area contributed by atoms with Crippen molar-refractivity contribution < 1.29 is 6.34 Å². The lowest BCUT2D eigenvalue weighted by Gasteiger charge is -1.96. The maximum absolute atomic E-state index is 10.3. The Balaban J connectivity index is 2.88. The van der Waals surface area contributed by atoms with Crippen LogP contribution in [0, 0.1) is 10.1 Å². The number of anilines is 1. The monoisotopic (exact) mass is 154 g/mol. The minimum absolute atomic E-state index is 0.00440. The molecule has 3 N–H and O–H groups in total. The van der Waals surface area contributed by atoms with E-state index in [0.717, 1.165) is 0 Å². The van der Waals surface area contributed by atoms with E-state index in [1.807, 2.05) is 5.84 Å². The summed E-state index contributed by atoms with van der Waals surface area (Å²) in [5.41, 5.74) is 2.90. The van der Waals surface area contributed by atoms with Crippen molar-refractivity contribution in [1.29, 1.82) is 0 Å². The van der Waals surface area contributed by atoms with Gasteiger partial charge in [0.25, 0.3) is 5.69 Å². The van der Waals surface area contributed by atoms with E-state index >= 15 is 0 Å². The molecule has 0 saturated heterocycles. The number of benzene rings is 1. The van der Waals surface area contributed by atoms with Crippen LogP contribution in [0.15, 0.2) is 24.3 Å². The largest absolute Gasteiger partial charge is 0.324 e. The summed E-state index contributed by atoms with van der Waals surface area (Å²) >= 11 is 0. The van der Waals surface area contributed by atoms with Gasteiger partial charge in [-0.2, -0.15) is 0 Å². The lowest BCUT2D eigenvalue weighted by Crippen LogP contribution is -2.06. The van der Waals surface area contributed by atoms with Crippen LogP contribution >= 0.6 is 0 Å². The first kappa shape index (κ1) is 6.11. The van der Waals surface area contributed by atoms with Crippen LogP contribution in [0.2, 0.25) is 1.41 Å². The molecule has 1 rings (SSSR count). The Morgan fingerprint density at radius 3 is 3.18 bits per heavy atom. The highest BCUT2D eigenvalue weighted by atomic mass is 16.6. The molecule has 0 spiro atoms. The number of hydrazine groups is 1. The molecule has 0 bridgehead atoms. The first-order valence-corrected chi connectivity index (χ1v) is 2.91. The number of nitro groups is 1. The fourth-order valence-corrected chi connectivity index (χ4v) is 0.697. The highest BCUT2D eigenvalue weighted by Gasteiger charge is 2.03. The molecule has 0 aromatic heterocycles. The molecular weight excluding hydrogens is 146 g/mol. The fraction of sp³-hybridized carbons (Fsp3) is 0. The van der Waals surface area contributed by atoms with Gasteiger partial charge in [-0.15, -0.1) is 0 Å². The summed E-state index contributed by atoms with van der Waals surface area (Å²) in [5, 5.41) is 10.3. The molecule has 0 radical (unpaired) electrons. The number of rotatable bonds is 3. The molecule has 58 valence electrons. The van der Waals surface area contributed by atoms with Crippen molar-refractivity contribution in [3.8, 4) is 0 Å². The van der Waals surface area contributed by atoms with E-state index in [0.29, 0.717) is 5.69 Å². The zero-order valence-corrected chi connectivity index (χ0v) is 5.57. The standard InChI is InChI=1S/C6H7N3O2/c7-8-5-2-1-3-6(4-5)9(10)11/h1-4,8H,7H2/i/hD. The third-order valence-electron chi connectivity index (χ3n) is 1.20. The van der Waals surface area contributed by atoms with Gasteiger partial charge in [0.1, 0.15) is 1.41 Å². The van der Waals surface area contributed by atoms with Crippen LogP contribution in [0.5, 0.6) is 0 Å². The number of nitrogens with two attached hydrogens (primary N) is 1. The Labute approximate surface area is 64.4 Å². The van der Waals surface area contributed by atoms with Gasteiger partial charge in [-0.05, 0) is 6.07 Å². The van der Waals surface area contributed by atoms with Crippen molar-refractivity contribution in [2.45, 2.75) is 0 Å². The summed E-state index contributed by atoms with van der Waals surface area (Å²) in [6.07, 6.45) is 0. The molecule has 0 amide bonds. The summed E-state index contributed by atoms with van der Waals surface area (Å²) < 4.78 is 6.59. The summed E-state index contributed by atoms with van der Waals surface area (Å²) in [5.74, 6) is 1.93. The van der Waals surface area contributed by atoms with E-state index in [2.05, 4.69) is 5.43 Å². The van der Waals surface area contributed by atoms with Crippen molar-refractivity contribution in [1.82, 2.24) is 0 Å². The van der Waals surface area contributed by atoms with Crippen molar-refractivity contribution in [3.63, 3.8) is 0 Å². The van der Waals surface area contributed by atoms with Crippen molar-refractivity contribution >= 4 is 11.4 Å². The van der Waals surface area contributed by atoms with Gasteiger partial charge in [0.05, 0.1) is 10.6 Å². The van der Waals surface area contributed by atoms with E-state index in [-0.39, 0.29) is 5.69 Å². The molecule has 0 fully saturated rings. The van der Waals surface area contributed by atoms with Gasteiger partial charge in [0.15, 0.2) is 0 Å². The molecule has 0 aliphatic heterocycles. The number of nitrogens with zero attached hydrogens (tertiary/aromatic N) is 1. The molecule has 11 heavy (non-hydrogen) atoms. The summed E-state index contributed by atoms with van der Waals surface area (Å²) in [4.78, 5) is 9.78. The van der Waals surface area contributed by atoms with Crippen LogP contribution in [0.25, 0.3) is 0 Å². The molecule has 1 aromatic carbocycles. The first-order chi connectivity index (χ1) is 5.74. The van der Waals surface area contributed by atoms with E-state index in [1.165, 1.54) is 18.2 Å². The van der Waals surface area contributed by atoms with Crippen LogP contribution in [0.1, 0.15) is 0 Å². The van der Waals surface area contributed by atoms with Gasteiger partial charge in [-0.25, -0.2) is 0 Å². The minimum Gasteiger partial charge on any atom is -0.324 e. The number of nitrogen functional groups attached to an aromatic ring is 1. The second-order valence-corrected chi connectivity index (χ2v) is 1.93. The third-order valence-corrected chi connectivity index (χ3v) is 1.20. The highest BCUT2D eigenvalue weighted by molar-refractivity contribution is 5.49. The lowest BCUT2D eigenvalue weighted by atomic mass is 10.3. The molecule has 0 aliphatic carbocycles. The van der Waals surface area contributed by atoms with E-state index < -0.39 is 4.92 Å². The zero-order chi connectivity index (χ0) is 8.97. The third kappa shape index (κ3) is 1.65. The van der Waals surface area contributed by atoms with Crippen LogP contribution in [-0.4, -0.2) is 4.92 Å². The number of nitrogens with one attached hydrogen (secondary N) is 1. The Morgan fingerprint density at radius 1 is 1.73 bits per heavy atom. The van der Waals surface area contributed by atoms with Crippen LogP contribution in [0.4, 0.5) is 11.4 Å². The second-order valence-electron chi connectivity index (χ2n) is 1.93. The lowest BCUT2D eigenvalue weighted by molar-refractivity contribution is -0.384. The topological polar surface area (TPSA) is 81.2 Å². The summed E-state index contributed by atoms with van der Waals surface area (Å²) in [6, 6.07) is 5.88. The van der Waals surface area contributed by atoms with Gasteiger partial charge in [0.2, 0.25) is 0 Å². The maximum Gasteiger partial charge on any atom is 0.271 e. The average Bonchev–Trinajstić information content (AvgIpc) is 2.05. The Morgan fingerprint density at radius 2 is 2.55 bits per heavy atom. The van der Waals surface area contributed by atoms with Crippen molar-refractivity contribution in [2.75, 3.05) is 5.43 Å². The van der Waals surface area contributed by atoms with E-state index in [9.17, 15) is 10.1 Å². The number of non-ortho nitro benzene ring substituents is 1. The Bertz CT molecular complexity index is 292. The van der Waals surface area contributed by atoms with Gasteiger partial charge in [0, 0.05) is 12.1 Å². The number of hydrogen-bond donors (Lipinski definition) is 2. The number of nitro benzene ring substituents is 1. The first-order valence-electron chi connectivity index (χ1n) is 3.41. The van der Waals surface area contributed by atoms with Gasteiger partial charge in [-0.1, -0.05) is 6.07 Å². The molecule has 0 saturated carbocycles. The predicted octanol–water partition coefficient (Wildman–Crippen LogP) is 0.880. The minimum atomic E-state index is -0.491. The van der Waals surface area contributed by atoms with Gasteiger partial charge >= 0.3 is 0 Å². The van der Waals surface area contributed by atoms with Gasteiger partial charge < -0.3 is 5.43 Å². The predicted molar refractivity (Wildman–Crippen MR) is 40.9 cm³/mol. The molecule has 0 atom stereocenters. The quantitative estimate of drug-likeness (QED) is 0.384. The normalized spacial score (nSPS) is 10.4. The molecule has 5 nitrogen and oxygen atoms in total. The molecule has 0 aliphatic rings. The van der Waals surface area contributed by atoms with Crippen molar-refractivity contribution in [2.24, 2.45) is 5.84 Å². The van der Waals surface area contributed by atoms with Crippen LogP contribution < -0.4 is 11.3 Å². The van der Waals surface area contributed by atoms with Gasteiger partial charge in [-0.3, -0.25) is 16.0 Å². The van der Waals surface area contributed by atoms with Crippen LogP contribution in [-0.2, 0) is 0 Å². The molecular formula is C6H7N3O2. The highest BCUT2D eigenvalue weighted by Crippen LogP contribution is 2.15. The summed E-state index contributed by atoms with van der Waals surface area (Å²) in [6.45, 7) is 0. The Kier molecular flexibility index (Phi) is 1.66. The molecule has 5 heteroatoms. The van der Waals surface area contributed by atoms with Crippen molar-refractivity contribution in [3.05, 3.63) is 34.4 Å². The SMILES string of the molecule is [2H]NNc1cccc([N+](=O)[O-])c1. The smallest absolute Gasteiger partial charge is 0.271 e. The Hall–Kier alpha value is -1.62. The fourth-order valence-electron chi connectivity index (χ4n) is 0.697. The van der Waals surface area contributed by atoms with E-state index in [4.69, 9.17) is 1.41 Å². The van der Waals surface area contributed by atoms with E-state index in [1.54, 1.807) is 6.07 Å². The second kappa shape index (κ2) is 2.98. The number of hydrogen-bond acceptors (Lipinski definition) is 4. The summed E-state index contributed by atoms with van der Waals surface area (Å²) in [7, 11) is 0. The molecule has 0 unspecified atom stereocenters. The molecule has 0 heterocycles. The van der Waals surface area contributed by atoms with Crippen LogP contribution in [0.3, 0.4) is 0 Å². The average molecular weight is 154 g/mol. The molecule has 1 aromatic rings. The zero-order valence-electron chi connectivity index (χ0n) is 6.57.